The molecule has 0 aromatic heterocycles. The number of carbonyl (C=O) groups excluding carboxylic acids is 1. The predicted molar refractivity (Wildman–Crippen MR) is 47.0 cm³/mol. The number of aliphatic carboxylic acids is 2. The van der Waals surface area contributed by atoms with Gasteiger partial charge in [-0.1, -0.05) is 0 Å². The van der Waals surface area contributed by atoms with Gasteiger partial charge in [0.15, 0.2) is 0 Å². The molecule has 84 valence electrons. The monoisotopic (exact) mass is 218 g/mol. The lowest BCUT2D eigenvalue weighted by Crippen LogP contribution is -2.46. The summed E-state index contributed by atoms with van der Waals surface area (Å²) in [5.74, 6) is -5.98. The van der Waals surface area contributed by atoms with Gasteiger partial charge in [-0.3, -0.25) is 9.59 Å². The van der Waals surface area contributed by atoms with Crippen LogP contribution in [0.4, 0.5) is 0 Å². The van der Waals surface area contributed by atoms with E-state index in [-0.39, 0.29) is 12.8 Å². The van der Waals surface area contributed by atoms with Gasteiger partial charge in [-0.25, -0.2) is 0 Å². The number of carbonyl (C=O) groups is 3. The molecule has 0 radical (unpaired) electrons. The first kappa shape index (κ1) is 11.4. The van der Waals surface area contributed by atoms with Crippen molar-refractivity contribution in [2.75, 3.05) is 0 Å². The summed E-state index contributed by atoms with van der Waals surface area (Å²) in [6.45, 7) is 0. The normalized spacial score (nSPS) is 35.0. The minimum absolute atomic E-state index is 0.290. The summed E-state index contributed by atoms with van der Waals surface area (Å²) in [6, 6.07) is 0. The van der Waals surface area contributed by atoms with Gasteiger partial charge < -0.3 is 21.1 Å². The Balaban J connectivity index is 2.97. The van der Waals surface area contributed by atoms with Crippen LogP contribution in [0.2, 0.25) is 0 Å². The van der Waals surface area contributed by atoms with Crippen LogP contribution >= 0.6 is 0 Å². The molecule has 3 atom stereocenters. The van der Waals surface area contributed by atoms with Crippen LogP contribution in [0.5, 0.6) is 0 Å². The molecule has 0 amide bonds. The third-order valence-corrected chi connectivity index (χ3v) is 2.73. The summed E-state index contributed by atoms with van der Waals surface area (Å²) in [5.41, 5.74) is 3.76. The van der Waals surface area contributed by atoms with E-state index in [1.165, 1.54) is 0 Å². The number of carboxylic acids is 2. The standard InChI is InChI=1S/C8H11NO6/c9-8(7(14)15)1-3(5(10)11)4(2-8)6(12)13/h3-4H,1-2,9H2,(H,10,11)(H,12,13)(H,14,15)/p+1/t3-,4+,8-. The Morgan fingerprint density at radius 2 is 1.67 bits per heavy atom. The zero-order chi connectivity index (χ0) is 11.8. The first-order chi connectivity index (χ1) is 6.78. The van der Waals surface area contributed by atoms with E-state index in [4.69, 9.17) is 21.1 Å². The zero-order valence-electron chi connectivity index (χ0n) is 7.77. The van der Waals surface area contributed by atoms with Gasteiger partial charge in [0.25, 0.3) is 0 Å². The van der Waals surface area contributed by atoms with Crippen LogP contribution in [-0.2, 0) is 14.4 Å². The van der Waals surface area contributed by atoms with E-state index in [9.17, 15) is 14.4 Å². The highest BCUT2D eigenvalue weighted by atomic mass is 16.4. The maximum absolute atomic E-state index is 10.8. The Hall–Kier alpha value is -1.63. The van der Waals surface area contributed by atoms with Gasteiger partial charge in [-0.2, -0.15) is 0 Å². The molecule has 6 N–H and O–H groups in total. The second kappa shape index (κ2) is 3.50. The van der Waals surface area contributed by atoms with Crippen LogP contribution in [0.1, 0.15) is 12.8 Å². The molecular formula is C8H12NO6+. The Bertz CT molecular complexity index is 303. The minimum Gasteiger partial charge on any atom is -0.565 e. The van der Waals surface area contributed by atoms with E-state index in [2.05, 4.69) is 0 Å². The molecule has 7 nitrogen and oxygen atoms in total. The number of hydrogen-bond acceptors (Lipinski definition) is 4. The largest absolute Gasteiger partial charge is 0.565 e. The Morgan fingerprint density at radius 3 is 1.93 bits per heavy atom. The SMILES string of the molecule is N[C@@]1(C(=O)O)C[C@H](C(=O)O)[C@H](C(=O)[OH2+])C1. The highest BCUT2D eigenvalue weighted by molar-refractivity contribution is 5.86. The van der Waals surface area contributed by atoms with E-state index < -0.39 is 35.3 Å². The van der Waals surface area contributed by atoms with Crippen LogP contribution in [0.25, 0.3) is 0 Å². The van der Waals surface area contributed by atoms with Crippen molar-refractivity contribution in [2.24, 2.45) is 17.6 Å². The molecule has 15 heavy (non-hydrogen) atoms. The molecule has 0 bridgehead atoms. The molecular weight excluding hydrogens is 206 g/mol. The van der Waals surface area contributed by atoms with E-state index in [1.807, 2.05) is 0 Å². The molecule has 0 heterocycles. The smallest absolute Gasteiger partial charge is 0.520 e. The number of nitrogens with two attached hydrogens (primary N) is 1. The van der Waals surface area contributed by atoms with Crippen molar-refractivity contribution in [1.82, 2.24) is 0 Å². The first-order valence-corrected chi connectivity index (χ1v) is 4.28. The zero-order valence-corrected chi connectivity index (χ0v) is 7.77. The van der Waals surface area contributed by atoms with Crippen LogP contribution < -0.4 is 5.73 Å². The topological polar surface area (TPSA) is 141 Å². The number of carboxylic acid groups (broad SMARTS) is 2. The van der Waals surface area contributed by atoms with Crippen molar-refractivity contribution in [3.63, 3.8) is 0 Å². The van der Waals surface area contributed by atoms with Gasteiger partial charge in [0.1, 0.15) is 11.5 Å². The molecule has 0 aliphatic heterocycles. The van der Waals surface area contributed by atoms with E-state index >= 15 is 0 Å². The molecule has 0 aromatic rings. The molecule has 1 saturated carbocycles. The highest BCUT2D eigenvalue weighted by Crippen LogP contribution is 2.38. The molecule has 7 heteroatoms. The fraction of sp³-hybridized carbons (Fsp3) is 0.625. The summed E-state index contributed by atoms with van der Waals surface area (Å²) in [7, 11) is 0. The quantitative estimate of drug-likeness (QED) is 0.474. The molecule has 0 saturated heterocycles. The Labute approximate surface area is 84.5 Å². The lowest BCUT2D eigenvalue weighted by atomic mass is 9.97. The lowest BCUT2D eigenvalue weighted by molar-refractivity contribution is -0.152. The van der Waals surface area contributed by atoms with Crippen LogP contribution in [0.3, 0.4) is 0 Å². The first-order valence-electron chi connectivity index (χ1n) is 4.28. The van der Waals surface area contributed by atoms with Crippen molar-refractivity contribution in [1.29, 1.82) is 0 Å². The fourth-order valence-electron chi connectivity index (χ4n) is 1.86. The second-order valence-corrected chi connectivity index (χ2v) is 3.79. The highest BCUT2D eigenvalue weighted by Gasteiger charge is 2.55. The molecule has 1 rings (SSSR count). The third kappa shape index (κ3) is 1.91. The average molecular weight is 218 g/mol. The molecule has 1 aliphatic rings. The van der Waals surface area contributed by atoms with Crippen molar-refractivity contribution in [2.45, 2.75) is 18.4 Å². The van der Waals surface area contributed by atoms with Crippen LogP contribution in [-0.4, -0.2) is 38.8 Å². The van der Waals surface area contributed by atoms with Gasteiger partial charge in [-0.15, -0.1) is 0 Å². The van der Waals surface area contributed by atoms with Crippen molar-refractivity contribution < 1.29 is 29.7 Å². The summed E-state index contributed by atoms with van der Waals surface area (Å²) in [6.07, 6.45) is -0.603. The van der Waals surface area contributed by atoms with Gasteiger partial charge in [0.2, 0.25) is 0 Å². The van der Waals surface area contributed by atoms with Gasteiger partial charge in [0.05, 0.1) is 5.92 Å². The molecule has 0 unspecified atom stereocenters. The van der Waals surface area contributed by atoms with Crippen molar-refractivity contribution in [3.05, 3.63) is 0 Å². The molecule has 0 spiro atoms. The average Bonchev–Trinajstić information content (AvgIpc) is 2.45. The number of hydrogen-bond donors (Lipinski definition) is 3. The van der Waals surface area contributed by atoms with E-state index in [0.717, 1.165) is 0 Å². The molecule has 0 aromatic carbocycles. The fourth-order valence-corrected chi connectivity index (χ4v) is 1.86. The minimum atomic E-state index is -1.70. The third-order valence-electron chi connectivity index (χ3n) is 2.73. The maximum Gasteiger partial charge on any atom is 0.520 e. The summed E-state index contributed by atoms with van der Waals surface area (Å²) in [4.78, 5) is 32.3. The van der Waals surface area contributed by atoms with Crippen LogP contribution in [0, 0.1) is 11.8 Å². The Kier molecular flexibility index (Phi) is 2.67. The van der Waals surface area contributed by atoms with Crippen molar-refractivity contribution in [3.8, 4) is 0 Å². The second-order valence-electron chi connectivity index (χ2n) is 3.79. The lowest BCUT2D eigenvalue weighted by Gasteiger charge is -2.16. The summed E-state index contributed by atoms with van der Waals surface area (Å²) in [5, 5.41) is 24.4. The molecule has 1 fully saturated rings. The van der Waals surface area contributed by atoms with Gasteiger partial charge in [0, 0.05) is 4.79 Å². The van der Waals surface area contributed by atoms with Crippen LogP contribution in [0.15, 0.2) is 0 Å². The summed E-state index contributed by atoms with van der Waals surface area (Å²) < 4.78 is 0. The Morgan fingerprint density at radius 1 is 1.20 bits per heavy atom. The van der Waals surface area contributed by atoms with E-state index in [0.29, 0.717) is 0 Å². The predicted octanol–water partition coefficient (Wildman–Crippen LogP) is -1.87. The number of rotatable bonds is 3. The van der Waals surface area contributed by atoms with E-state index in [1.54, 1.807) is 0 Å². The van der Waals surface area contributed by atoms with Gasteiger partial charge >= 0.3 is 17.9 Å². The van der Waals surface area contributed by atoms with Crippen molar-refractivity contribution >= 4 is 17.9 Å². The maximum atomic E-state index is 10.8. The molecule has 1 aliphatic carbocycles. The summed E-state index contributed by atoms with van der Waals surface area (Å²) >= 11 is 0. The van der Waals surface area contributed by atoms with Gasteiger partial charge in [-0.05, 0) is 12.8 Å².